The lowest BCUT2D eigenvalue weighted by molar-refractivity contribution is -0.753. The average Bonchev–Trinajstić information content (AvgIpc) is 2.83. The van der Waals surface area contributed by atoms with Crippen LogP contribution >= 0.6 is 16.1 Å². The van der Waals surface area contributed by atoms with Gasteiger partial charge in [0.1, 0.15) is 6.20 Å². The molecule has 1 atom stereocenters. The number of hydrogen-bond acceptors (Lipinski definition) is 3. The van der Waals surface area contributed by atoms with Crippen LogP contribution in [0.1, 0.15) is 0 Å². The number of nitrogens with zero attached hydrogens (tertiary/aromatic N) is 2. The summed E-state index contributed by atoms with van der Waals surface area (Å²) in [7, 11) is 0. The van der Waals surface area contributed by atoms with E-state index in [0.717, 1.165) is 16.4 Å². The standard InChI is InChI=1S/C13H11BrN4O/c14-18-7-6-12-16-11(8-17(12)9-18)13(19)15-10-4-2-1-3-5-10/h1-8H,9H2,(H,15,19)/p+1. The van der Waals surface area contributed by atoms with E-state index in [1.54, 1.807) is 0 Å². The number of carbonyl (C=O) groups excluding carboxylic acids is 1. The van der Waals surface area contributed by atoms with Gasteiger partial charge in [-0.05, 0) is 12.1 Å². The van der Waals surface area contributed by atoms with E-state index in [-0.39, 0.29) is 5.91 Å². The molecule has 1 unspecified atom stereocenters. The molecule has 0 saturated heterocycles. The molecule has 1 aromatic carbocycles. The Balaban J connectivity index is 1.74. The van der Waals surface area contributed by atoms with Gasteiger partial charge in [0.15, 0.2) is 12.4 Å². The monoisotopic (exact) mass is 319 g/mol. The van der Waals surface area contributed by atoms with Crippen molar-refractivity contribution in [2.45, 2.75) is 0 Å². The molecule has 96 valence electrons. The number of rotatable bonds is 2. The predicted molar refractivity (Wildman–Crippen MR) is 76.3 cm³/mol. The summed E-state index contributed by atoms with van der Waals surface area (Å²) in [6.45, 7) is 0.706. The molecule has 3 rings (SSSR count). The van der Waals surface area contributed by atoms with Crippen LogP contribution in [0.25, 0.3) is 0 Å². The summed E-state index contributed by atoms with van der Waals surface area (Å²) in [5, 5.41) is 2.83. The van der Waals surface area contributed by atoms with Crippen LogP contribution in [-0.2, 0) is 4.79 Å². The van der Waals surface area contributed by atoms with Crippen LogP contribution in [0.5, 0.6) is 0 Å². The zero-order chi connectivity index (χ0) is 13.2. The lowest BCUT2D eigenvalue weighted by Crippen LogP contribution is -3.11. The molecule has 1 amide bonds. The number of halogens is 1. The first-order valence-corrected chi connectivity index (χ1v) is 6.57. The Labute approximate surface area is 119 Å². The molecule has 2 heterocycles. The second kappa shape index (κ2) is 4.99. The van der Waals surface area contributed by atoms with E-state index in [0.29, 0.717) is 12.4 Å². The maximum atomic E-state index is 12.1. The number of fused-ring (bicyclic) bond motifs is 1. The SMILES string of the molecule is O=C(Nc1ccccc1)C1=C[NH+]2CN(Br)C=CC2=N1. The zero-order valence-corrected chi connectivity index (χ0v) is 11.6. The first-order valence-electron chi connectivity index (χ1n) is 5.86. The largest absolute Gasteiger partial charge is 0.320 e. The van der Waals surface area contributed by atoms with Crippen LogP contribution in [0.3, 0.4) is 0 Å². The van der Waals surface area contributed by atoms with Crippen molar-refractivity contribution in [3.8, 4) is 0 Å². The lowest BCUT2D eigenvalue weighted by atomic mass is 10.3. The van der Waals surface area contributed by atoms with E-state index < -0.39 is 0 Å². The molecular weight excluding hydrogens is 308 g/mol. The molecule has 0 radical (unpaired) electrons. The van der Waals surface area contributed by atoms with E-state index in [9.17, 15) is 4.79 Å². The number of nitrogens with one attached hydrogen (secondary N) is 2. The summed E-state index contributed by atoms with van der Waals surface area (Å²) < 4.78 is 1.87. The Kier molecular flexibility index (Phi) is 3.18. The Morgan fingerprint density at radius 2 is 2.16 bits per heavy atom. The highest BCUT2D eigenvalue weighted by atomic mass is 79.9. The molecule has 2 N–H and O–H groups in total. The smallest absolute Gasteiger partial charge is 0.280 e. The number of amides is 1. The number of benzene rings is 1. The van der Waals surface area contributed by atoms with E-state index in [4.69, 9.17) is 0 Å². The highest BCUT2D eigenvalue weighted by Crippen LogP contribution is 2.10. The fourth-order valence-corrected chi connectivity index (χ4v) is 2.33. The van der Waals surface area contributed by atoms with E-state index in [1.165, 1.54) is 0 Å². The Morgan fingerprint density at radius 3 is 2.95 bits per heavy atom. The van der Waals surface area contributed by atoms with Crippen LogP contribution in [0.4, 0.5) is 5.69 Å². The second-order valence-corrected chi connectivity index (χ2v) is 5.16. The first kappa shape index (κ1) is 12.1. The molecule has 6 heteroatoms. The minimum atomic E-state index is -0.185. The molecule has 0 aromatic heterocycles. The summed E-state index contributed by atoms with van der Waals surface area (Å²) in [6, 6.07) is 9.36. The summed E-state index contributed by atoms with van der Waals surface area (Å²) in [4.78, 5) is 17.5. The second-order valence-electron chi connectivity index (χ2n) is 4.25. The molecule has 2 aliphatic heterocycles. The number of anilines is 1. The molecule has 0 saturated carbocycles. The summed E-state index contributed by atoms with van der Waals surface area (Å²) in [5.41, 5.74) is 1.22. The lowest BCUT2D eigenvalue weighted by Gasteiger charge is -2.19. The van der Waals surface area contributed by atoms with Crippen molar-refractivity contribution in [2.75, 3.05) is 12.0 Å². The first-order chi connectivity index (χ1) is 9.22. The summed E-state index contributed by atoms with van der Waals surface area (Å²) in [6.07, 6.45) is 5.59. The van der Waals surface area contributed by atoms with Gasteiger partial charge in [-0.15, -0.1) is 0 Å². The van der Waals surface area contributed by atoms with Gasteiger partial charge in [-0.25, -0.2) is 4.90 Å². The molecule has 0 fully saturated rings. The third kappa shape index (κ3) is 2.59. The quantitative estimate of drug-likeness (QED) is 0.794. The van der Waals surface area contributed by atoms with Crippen LogP contribution < -0.4 is 10.2 Å². The maximum Gasteiger partial charge on any atom is 0.280 e. The van der Waals surface area contributed by atoms with Crippen molar-refractivity contribution >= 4 is 33.6 Å². The fourth-order valence-electron chi connectivity index (χ4n) is 1.94. The minimum absolute atomic E-state index is 0.185. The van der Waals surface area contributed by atoms with Crippen LogP contribution in [0.2, 0.25) is 0 Å². The molecule has 0 bridgehead atoms. The van der Waals surface area contributed by atoms with Gasteiger partial charge >= 0.3 is 0 Å². The zero-order valence-electron chi connectivity index (χ0n) is 10.0. The Hall–Kier alpha value is -1.92. The number of para-hydroxylation sites is 1. The molecule has 2 aliphatic rings. The van der Waals surface area contributed by atoms with Gasteiger partial charge in [-0.1, -0.05) is 18.2 Å². The highest BCUT2D eigenvalue weighted by molar-refractivity contribution is 9.07. The van der Waals surface area contributed by atoms with Gasteiger partial charge in [-0.2, -0.15) is 4.99 Å². The van der Waals surface area contributed by atoms with Crippen molar-refractivity contribution in [3.63, 3.8) is 0 Å². The summed E-state index contributed by atoms with van der Waals surface area (Å²) in [5.74, 6) is 0.670. The van der Waals surface area contributed by atoms with Crippen molar-refractivity contribution in [1.29, 1.82) is 0 Å². The highest BCUT2D eigenvalue weighted by Gasteiger charge is 2.29. The predicted octanol–water partition coefficient (Wildman–Crippen LogP) is 0.860. The van der Waals surface area contributed by atoms with Gasteiger partial charge in [0.2, 0.25) is 5.84 Å². The van der Waals surface area contributed by atoms with E-state index in [1.807, 2.05) is 52.7 Å². The van der Waals surface area contributed by atoms with Gasteiger partial charge < -0.3 is 5.32 Å². The molecule has 1 aromatic rings. The molecule has 0 spiro atoms. The Morgan fingerprint density at radius 1 is 1.37 bits per heavy atom. The number of hydrogen-bond donors (Lipinski definition) is 2. The van der Waals surface area contributed by atoms with Gasteiger partial charge in [-0.3, -0.25) is 8.72 Å². The average molecular weight is 320 g/mol. The maximum absolute atomic E-state index is 12.1. The van der Waals surface area contributed by atoms with Crippen LogP contribution in [0, 0.1) is 0 Å². The normalized spacial score (nSPS) is 20.7. The summed E-state index contributed by atoms with van der Waals surface area (Å²) >= 11 is 3.38. The number of quaternary nitrogens is 1. The third-order valence-electron chi connectivity index (χ3n) is 2.86. The van der Waals surface area contributed by atoms with E-state index >= 15 is 0 Å². The van der Waals surface area contributed by atoms with Crippen molar-refractivity contribution < 1.29 is 9.69 Å². The topological polar surface area (TPSA) is 49.1 Å². The number of carbonyl (C=O) groups is 1. The van der Waals surface area contributed by atoms with Gasteiger partial charge in [0, 0.05) is 18.0 Å². The molecule has 19 heavy (non-hydrogen) atoms. The number of amidine groups is 1. The molecular formula is C13H12BrN4O+. The van der Waals surface area contributed by atoms with Crippen molar-refractivity contribution in [3.05, 3.63) is 54.5 Å². The van der Waals surface area contributed by atoms with Crippen molar-refractivity contribution in [2.24, 2.45) is 4.99 Å². The van der Waals surface area contributed by atoms with Crippen LogP contribution in [0.15, 0.2) is 59.5 Å². The third-order valence-corrected chi connectivity index (χ3v) is 3.35. The van der Waals surface area contributed by atoms with Gasteiger partial charge in [0.25, 0.3) is 5.91 Å². The molecule has 5 nitrogen and oxygen atoms in total. The Bertz CT molecular complexity index is 594. The van der Waals surface area contributed by atoms with E-state index in [2.05, 4.69) is 26.5 Å². The number of aliphatic imine (C=N–C) groups is 1. The van der Waals surface area contributed by atoms with Crippen molar-refractivity contribution in [1.82, 2.24) is 3.93 Å². The molecule has 0 aliphatic carbocycles. The van der Waals surface area contributed by atoms with Gasteiger partial charge in [0.05, 0.1) is 16.1 Å². The van der Waals surface area contributed by atoms with Crippen LogP contribution in [-0.4, -0.2) is 22.3 Å². The fraction of sp³-hybridized carbons (Fsp3) is 0.0769. The minimum Gasteiger partial charge on any atom is -0.320 e.